The number of nitrogens with zero attached hydrogens (tertiary/aromatic N) is 3. The van der Waals surface area contributed by atoms with Crippen molar-refractivity contribution in [1.82, 2.24) is 15.0 Å². The molecule has 0 saturated heterocycles. The molecule has 0 N–H and O–H groups in total. The fourth-order valence-electron chi connectivity index (χ4n) is 9.26. The molecule has 0 fully saturated rings. The van der Waals surface area contributed by atoms with Gasteiger partial charge in [-0.25, -0.2) is 15.0 Å². The van der Waals surface area contributed by atoms with Crippen LogP contribution in [0.4, 0.5) is 0 Å². The van der Waals surface area contributed by atoms with Crippen LogP contribution in [0.3, 0.4) is 0 Å². The van der Waals surface area contributed by atoms with Crippen molar-refractivity contribution >= 4 is 31.5 Å². The monoisotopic (exact) mass is 745 g/mol. The van der Waals surface area contributed by atoms with Crippen LogP contribution in [0.2, 0.25) is 0 Å². The molecule has 1 aliphatic heterocycles. The molecule has 1 spiro atoms. The number of benzene rings is 8. The second kappa shape index (κ2) is 12.4. The normalized spacial score (nSPS) is 13.2. The second-order valence-corrected chi connectivity index (χ2v) is 15.7. The van der Waals surface area contributed by atoms with Crippen LogP contribution in [0.15, 0.2) is 188 Å². The molecule has 0 amide bonds. The van der Waals surface area contributed by atoms with E-state index in [1.165, 1.54) is 37.7 Å². The minimum Gasteiger partial charge on any atom is -0.456 e. The van der Waals surface area contributed by atoms with E-state index in [9.17, 15) is 0 Å². The number of hydrogen-bond acceptors (Lipinski definition) is 5. The van der Waals surface area contributed by atoms with Crippen molar-refractivity contribution < 1.29 is 4.74 Å². The Labute approximate surface area is 333 Å². The molecule has 0 bridgehead atoms. The molecule has 1 aliphatic carbocycles. The van der Waals surface area contributed by atoms with Gasteiger partial charge in [0.05, 0.1) is 11.0 Å². The number of rotatable bonds is 4. The summed E-state index contributed by atoms with van der Waals surface area (Å²) in [7, 11) is 0. The molecule has 2 aromatic heterocycles. The first-order valence-corrected chi connectivity index (χ1v) is 20.0. The smallest absolute Gasteiger partial charge is 0.167 e. The van der Waals surface area contributed by atoms with Crippen LogP contribution in [0.25, 0.3) is 76.6 Å². The third-order valence-corrected chi connectivity index (χ3v) is 12.9. The number of hydrogen-bond donors (Lipinski definition) is 0. The van der Waals surface area contributed by atoms with Crippen molar-refractivity contribution in [3.8, 4) is 67.9 Å². The summed E-state index contributed by atoms with van der Waals surface area (Å²) in [6.07, 6.45) is 0. The molecular formula is C52H31N3OS. The molecule has 12 rings (SSSR count). The summed E-state index contributed by atoms with van der Waals surface area (Å²) in [4.78, 5) is 16.1. The van der Waals surface area contributed by atoms with E-state index < -0.39 is 5.41 Å². The van der Waals surface area contributed by atoms with Crippen LogP contribution in [0, 0.1) is 0 Å². The zero-order chi connectivity index (χ0) is 37.5. The maximum atomic E-state index is 7.08. The Kier molecular flexibility index (Phi) is 6.98. The molecule has 8 aromatic carbocycles. The van der Waals surface area contributed by atoms with Crippen molar-refractivity contribution in [2.24, 2.45) is 0 Å². The van der Waals surface area contributed by atoms with Crippen LogP contribution >= 0.6 is 11.3 Å². The van der Waals surface area contributed by atoms with Crippen molar-refractivity contribution in [2.45, 2.75) is 5.41 Å². The molecule has 3 heterocycles. The third kappa shape index (κ3) is 4.64. The van der Waals surface area contributed by atoms with Crippen molar-refractivity contribution in [3.05, 3.63) is 210 Å². The van der Waals surface area contributed by atoms with Gasteiger partial charge in [0.2, 0.25) is 0 Å². The van der Waals surface area contributed by atoms with Gasteiger partial charge >= 0.3 is 0 Å². The predicted octanol–water partition coefficient (Wildman–Crippen LogP) is 13.4. The highest BCUT2D eigenvalue weighted by Crippen LogP contribution is 2.63. The molecular weight excluding hydrogens is 715 g/mol. The van der Waals surface area contributed by atoms with Gasteiger partial charge in [-0.3, -0.25) is 0 Å². The van der Waals surface area contributed by atoms with E-state index in [1.54, 1.807) is 11.3 Å². The Morgan fingerprint density at radius 2 is 0.877 bits per heavy atom. The molecule has 57 heavy (non-hydrogen) atoms. The van der Waals surface area contributed by atoms with E-state index in [4.69, 9.17) is 19.7 Å². The topological polar surface area (TPSA) is 47.9 Å². The van der Waals surface area contributed by atoms with Gasteiger partial charge in [0.15, 0.2) is 17.5 Å². The van der Waals surface area contributed by atoms with E-state index >= 15 is 0 Å². The molecule has 0 atom stereocenters. The van der Waals surface area contributed by atoms with Crippen LogP contribution < -0.4 is 4.74 Å². The summed E-state index contributed by atoms with van der Waals surface area (Å²) >= 11 is 1.78. The average Bonchev–Trinajstić information content (AvgIpc) is 3.81. The summed E-state index contributed by atoms with van der Waals surface area (Å²) in [6, 6.07) is 66.4. The van der Waals surface area contributed by atoms with E-state index in [0.717, 1.165) is 55.1 Å². The van der Waals surface area contributed by atoms with Gasteiger partial charge in [-0.1, -0.05) is 164 Å². The summed E-state index contributed by atoms with van der Waals surface area (Å²) < 4.78 is 9.46. The van der Waals surface area contributed by atoms with Gasteiger partial charge in [-0.05, 0) is 57.6 Å². The lowest BCUT2D eigenvalue weighted by Crippen LogP contribution is -2.32. The Morgan fingerprint density at radius 3 is 1.65 bits per heavy atom. The van der Waals surface area contributed by atoms with Crippen LogP contribution in [-0.4, -0.2) is 15.0 Å². The summed E-state index contributed by atoms with van der Waals surface area (Å²) in [5.41, 5.74) is 11.4. The first kappa shape index (κ1) is 32.1. The van der Waals surface area contributed by atoms with E-state index in [0.29, 0.717) is 17.5 Å². The average molecular weight is 746 g/mol. The molecule has 4 nitrogen and oxygen atoms in total. The van der Waals surface area contributed by atoms with Crippen molar-refractivity contribution in [2.75, 3.05) is 0 Å². The van der Waals surface area contributed by atoms with Crippen molar-refractivity contribution in [3.63, 3.8) is 0 Å². The van der Waals surface area contributed by atoms with Crippen LogP contribution in [-0.2, 0) is 5.41 Å². The number of aromatic nitrogens is 3. The Bertz CT molecular complexity index is 3200. The summed E-state index contributed by atoms with van der Waals surface area (Å²) in [5, 5.41) is 2.42. The lowest BCUT2D eigenvalue weighted by atomic mass is 9.66. The minimum absolute atomic E-state index is 0.557. The van der Waals surface area contributed by atoms with Crippen LogP contribution in [0.1, 0.15) is 22.3 Å². The van der Waals surface area contributed by atoms with Gasteiger partial charge < -0.3 is 4.74 Å². The Balaban J connectivity index is 1.15. The number of thiophene rings is 1. The lowest BCUT2D eigenvalue weighted by Gasteiger charge is -2.39. The van der Waals surface area contributed by atoms with E-state index in [1.807, 2.05) is 6.07 Å². The molecule has 10 aromatic rings. The zero-order valence-electron chi connectivity index (χ0n) is 30.6. The highest BCUT2D eigenvalue weighted by Gasteiger charge is 2.51. The van der Waals surface area contributed by atoms with Crippen LogP contribution in [0.5, 0.6) is 11.5 Å². The molecule has 0 saturated carbocycles. The van der Waals surface area contributed by atoms with Gasteiger partial charge in [-0.2, -0.15) is 0 Å². The quantitative estimate of drug-likeness (QED) is 0.180. The number of para-hydroxylation sites is 2. The molecule has 0 unspecified atom stereocenters. The number of fused-ring (bicyclic) bond motifs is 12. The standard InChI is InChI=1S/C52H31N3OS/c1-2-16-32(17-3-1)33-18-4-5-22-38(33)49-53-50(55-51(54-49)40-25-14-23-37-36-21-8-13-31-46(36)57-48(37)40)39-24-15-29-44-47(39)56-45-30-12-11-28-43(45)52(44)41-26-9-6-19-34(41)35-20-7-10-27-42(35)52/h1-31H. The maximum absolute atomic E-state index is 7.08. The SMILES string of the molecule is c1ccc(-c2ccccc2-c2nc(-c3cccc4c3Oc3ccccc3C43c4ccccc4-c4ccccc43)nc(-c3cccc4c3sc3ccccc34)n2)cc1. The van der Waals surface area contributed by atoms with Gasteiger partial charge in [0, 0.05) is 42.4 Å². The predicted molar refractivity (Wildman–Crippen MR) is 232 cm³/mol. The lowest BCUT2D eigenvalue weighted by molar-refractivity contribution is 0.437. The van der Waals surface area contributed by atoms with E-state index in [-0.39, 0.29) is 0 Å². The van der Waals surface area contributed by atoms with Gasteiger partial charge in [-0.15, -0.1) is 11.3 Å². The Hall–Kier alpha value is -7.21. The van der Waals surface area contributed by atoms with Gasteiger partial charge in [0.1, 0.15) is 11.5 Å². The third-order valence-electron chi connectivity index (χ3n) is 11.6. The summed E-state index contributed by atoms with van der Waals surface area (Å²) in [6.45, 7) is 0. The Morgan fingerprint density at radius 1 is 0.368 bits per heavy atom. The molecule has 2 aliphatic rings. The van der Waals surface area contributed by atoms with E-state index in [2.05, 4.69) is 182 Å². The number of ether oxygens (including phenoxy) is 1. The first-order chi connectivity index (χ1) is 28.3. The fraction of sp³-hybridized carbons (Fsp3) is 0.0192. The largest absolute Gasteiger partial charge is 0.456 e. The molecule has 5 heteroatoms. The van der Waals surface area contributed by atoms with Gasteiger partial charge in [0.25, 0.3) is 0 Å². The molecule has 266 valence electrons. The first-order valence-electron chi connectivity index (χ1n) is 19.2. The zero-order valence-corrected chi connectivity index (χ0v) is 31.4. The highest BCUT2D eigenvalue weighted by molar-refractivity contribution is 7.26. The second-order valence-electron chi connectivity index (χ2n) is 14.6. The highest BCUT2D eigenvalue weighted by atomic mass is 32.1. The summed E-state index contributed by atoms with van der Waals surface area (Å²) in [5.74, 6) is 3.36. The molecule has 0 radical (unpaired) electrons. The maximum Gasteiger partial charge on any atom is 0.167 e. The minimum atomic E-state index is -0.603. The fourth-order valence-corrected chi connectivity index (χ4v) is 10.5. The van der Waals surface area contributed by atoms with Crippen molar-refractivity contribution in [1.29, 1.82) is 0 Å².